The van der Waals surface area contributed by atoms with E-state index in [1.807, 2.05) is 0 Å². The molecule has 0 saturated heterocycles. The number of rotatable bonds is 7. The molecule has 3 aromatic rings. The Balaban J connectivity index is 1.69. The topological polar surface area (TPSA) is 65.4 Å². The fourth-order valence-electron chi connectivity index (χ4n) is 4.15. The van der Waals surface area contributed by atoms with Crippen LogP contribution in [0.3, 0.4) is 0 Å². The van der Waals surface area contributed by atoms with Crippen LogP contribution in [0.15, 0.2) is 72.4 Å². The van der Waals surface area contributed by atoms with Crippen molar-refractivity contribution in [1.29, 1.82) is 0 Å². The molecule has 4 rings (SSSR count). The number of methoxy groups -OCH3 is 1. The first-order chi connectivity index (χ1) is 17.4. The molecule has 1 amide bonds. The molecule has 37 heavy (non-hydrogen) atoms. The third-order valence-corrected chi connectivity index (χ3v) is 5.87. The van der Waals surface area contributed by atoms with Crippen molar-refractivity contribution in [2.45, 2.75) is 37.3 Å². The predicted molar refractivity (Wildman–Crippen MR) is 122 cm³/mol. The van der Waals surface area contributed by atoms with Gasteiger partial charge in [-0.05, 0) is 61.5 Å². The SMILES string of the molecule is COC1=CC=C(F)CC1(F)[C@@H](Oc1ccc2c(cnn2-c2ccc(F)cc2)c1)[C@H](C)NC(=O)C(F)(F)F. The molecule has 0 aliphatic heterocycles. The highest BCUT2D eigenvalue weighted by molar-refractivity contribution is 5.82. The predicted octanol–water partition coefficient (Wildman–Crippen LogP) is 5.47. The second-order valence-electron chi connectivity index (χ2n) is 8.44. The molecule has 0 fully saturated rings. The Kier molecular flexibility index (Phi) is 6.94. The number of hydrogen-bond donors (Lipinski definition) is 1. The maximum Gasteiger partial charge on any atom is 0.471 e. The minimum absolute atomic E-state index is 0.0201. The third-order valence-electron chi connectivity index (χ3n) is 5.87. The van der Waals surface area contributed by atoms with Gasteiger partial charge in [0.25, 0.3) is 0 Å². The summed E-state index contributed by atoms with van der Waals surface area (Å²) < 4.78 is 94.8. The first kappa shape index (κ1) is 26.1. The normalized spacial score (nSPS) is 19.6. The van der Waals surface area contributed by atoms with E-state index in [4.69, 9.17) is 9.47 Å². The molecular weight excluding hydrogens is 504 g/mol. The van der Waals surface area contributed by atoms with E-state index in [0.717, 1.165) is 26.2 Å². The van der Waals surface area contributed by atoms with Crippen molar-refractivity contribution in [2.75, 3.05) is 7.11 Å². The van der Waals surface area contributed by atoms with Gasteiger partial charge in [0.2, 0.25) is 5.67 Å². The summed E-state index contributed by atoms with van der Waals surface area (Å²) in [5, 5.41) is 6.45. The number of carbonyl (C=O) groups excluding carboxylic acids is 1. The summed E-state index contributed by atoms with van der Waals surface area (Å²) in [5.74, 6) is -3.97. The average molecular weight is 525 g/mol. The molecule has 6 nitrogen and oxygen atoms in total. The molecule has 0 bridgehead atoms. The van der Waals surface area contributed by atoms with E-state index in [1.165, 1.54) is 47.3 Å². The lowest BCUT2D eigenvalue weighted by Crippen LogP contribution is -2.58. The van der Waals surface area contributed by atoms with Crippen LogP contribution in [0.25, 0.3) is 16.6 Å². The van der Waals surface area contributed by atoms with Crippen LogP contribution < -0.4 is 10.1 Å². The number of allylic oxidation sites excluding steroid dienone is 3. The number of halogens is 6. The smallest absolute Gasteiger partial charge is 0.471 e. The summed E-state index contributed by atoms with van der Waals surface area (Å²) >= 11 is 0. The van der Waals surface area contributed by atoms with Gasteiger partial charge in [0, 0.05) is 11.8 Å². The molecule has 1 aromatic heterocycles. The van der Waals surface area contributed by atoms with Crippen LogP contribution in [0.1, 0.15) is 13.3 Å². The lowest BCUT2D eigenvalue weighted by atomic mass is 9.85. The van der Waals surface area contributed by atoms with Gasteiger partial charge in [0.05, 0.1) is 30.6 Å². The van der Waals surface area contributed by atoms with Crippen molar-refractivity contribution in [3.8, 4) is 11.4 Å². The first-order valence-corrected chi connectivity index (χ1v) is 11.0. The Hall–Kier alpha value is -3.96. The largest absolute Gasteiger partial charge is 0.498 e. The summed E-state index contributed by atoms with van der Waals surface area (Å²) in [6.07, 6.45) is -4.48. The van der Waals surface area contributed by atoms with Crippen LogP contribution in [0.2, 0.25) is 0 Å². The zero-order valence-electron chi connectivity index (χ0n) is 19.5. The van der Waals surface area contributed by atoms with Gasteiger partial charge >= 0.3 is 12.1 Å². The summed E-state index contributed by atoms with van der Waals surface area (Å²) in [5.41, 5.74) is -1.61. The summed E-state index contributed by atoms with van der Waals surface area (Å²) in [6.45, 7) is 1.12. The highest BCUT2D eigenvalue weighted by atomic mass is 19.4. The monoisotopic (exact) mass is 525 g/mol. The lowest BCUT2D eigenvalue weighted by molar-refractivity contribution is -0.175. The summed E-state index contributed by atoms with van der Waals surface area (Å²) in [4.78, 5) is 11.6. The van der Waals surface area contributed by atoms with Gasteiger partial charge in [-0.1, -0.05) is 0 Å². The van der Waals surface area contributed by atoms with E-state index in [-0.39, 0.29) is 11.5 Å². The molecule has 1 unspecified atom stereocenters. The molecule has 3 atom stereocenters. The number of carbonyl (C=O) groups is 1. The van der Waals surface area contributed by atoms with Crippen LogP contribution in [0, 0.1) is 5.82 Å². The molecule has 196 valence electrons. The fraction of sp³-hybridized carbons (Fsp3) is 0.280. The molecule has 12 heteroatoms. The van der Waals surface area contributed by atoms with Gasteiger partial charge in [-0.15, -0.1) is 0 Å². The highest BCUT2D eigenvalue weighted by Crippen LogP contribution is 2.40. The average Bonchev–Trinajstić information content (AvgIpc) is 3.25. The Morgan fingerprint density at radius 2 is 1.84 bits per heavy atom. The van der Waals surface area contributed by atoms with E-state index >= 15 is 4.39 Å². The lowest BCUT2D eigenvalue weighted by Gasteiger charge is -2.39. The van der Waals surface area contributed by atoms with Crippen LogP contribution >= 0.6 is 0 Å². The summed E-state index contributed by atoms with van der Waals surface area (Å²) in [6, 6.07) is 8.44. The van der Waals surface area contributed by atoms with Gasteiger partial charge in [-0.3, -0.25) is 4.79 Å². The second kappa shape index (κ2) is 9.83. The summed E-state index contributed by atoms with van der Waals surface area (Å²) in [7, 11) is 1.13. The maximum absolute atomic E-state index is 16.3. The number of alkyl halides is 4. The van der Waals surface area contributed by atoms with Gasteiger partial charge in [-0.2, -0.15) is 18.3 Å². The molecule has 1 N–H and O–H groups in total. The van der Waals surface area contributed by atoms with E-state index in [0.29, 0.717) is 16.6 Å². The number of nitrogens with zero attached hydrogens (tertiary/aromatic N) is 2. The van der Waals surface area contributed by atoms with Crippen molar-refractivity contribution in [3.63, 3.8) is 0 Å². The molecule has 1 heterocycles. The molecule has 0 saturated carbocycles. The van der Waals surface area contributed by atoms with Gasteiger partial charge in [-0.25, -0.2) is 17.9 Å². The van der Waals surface area contributed by atoms with Gasteiger partial charge in [0.1, 0.15) is 23.2 Å². The van der Waals surface area contributed by atoms with Crippen LogP contribution in [0.4, 0.5) is 26.3 Å². The van der Waals surface area contributed by atoms with Crippen LogP contribution in [-0.2, 0) is 9.53 Å². The first-order valence-electron chi connectivity index (χ1n) is 11.0. The Labute approximate surface area is 207 Å². The Morgan fingerprint density at radius 3 is 2.49 bits per heavy atom. The van der Waals surface area contributed by atoms with Crippen molar-refractivity contribution in [2.24, 2.45) is 0 Å². The minimum atomic E-state index is -5.23. The van der Waals surface area contributed by atoms with Gasteiger partial charge in [0.15, 0.2) is 6.10 Å². The number of amides is 1. The molecule has 0 spiro atoms. The van der Waals surface area contributed by atoms with E-state index < -0.39 is 48.0 Å². The number of aromatic nitrogens is 2. The van der Waals surface area contributed by atoms with Crippen LogP contribution in [-0.4, -0.2) is 46.8 Å². The number of fused-ring (bicyclic) bond motifs is 1. The van der Waals surface area contributed by atoms with Gasteiger partial charge < -0.3 is 14.8 Å². The maximum atomic E-state index is 16.3. The van der Waals surface area contributed by atoms with E-state index in [2.05, 4.69) is 5.10 Å². The number of nitrogens with one attached hydrogen (secondary N) is 1. The Morgan fingerprint density at radius 1 is 1.14 bits per heavy atom. The molecule has 2 aromatic carbocycles. The van der Waals surface area contributed by atoms with Crippen molar-refractivity contribution < 1.29 is 40.6 Å². The second-order valence-corrected chi connectivity index (χ2v) is 8.44. The molecule has 0 radical (unpaired) electrons. The van der Waals surface area contributed by atoms with E-state index in [9.17, 15) is 26.7 Å². The van der Waals surface area contributed by atoms with Crippen molar-refractivity contribution in [1.82, 2.24) is 15.1 Å². The molecule has 1 aliphatic carbocycles. The number of hydrogen-bond acceptors (Lipinski definition) is 4. The third kappa shape index (κ3) is 5.27. The zero-order valence-corrected chi connectivity index (χ0v) is 19.5. The Bertz CT molecular complexity index is 1370. The number of benzene rings is 2. The quantitative estimate of drug-likeness (QED) is 0.416. The van der Waals surface area contributed by atoms with Crippen molar-refractivity contribution in [3.05, 3.63) is 78.2 Å². The van der Waals surface area contributed by atoms with Crippen LogP contribution in [0.5, 0.6) is 5.75 Å². The van der Waals surface area contributed by atoms with Crippen molar-refractivity contribution >= 4 is 16.8 Å². The van der Waals surface area contributed by atoms with E-state index in [1.54, 1.807) is 11.4 Å². The molecule has 1 aliphatic rings. The molecular formula is C25H21F6N3O3. The fourth-order valence-corrected chi connectivity index (χ4v) is 4.15. The number of ether oxygens (including phenoxy) is 2. The highest BCUT2D eigenvalue weighted by Gasteiger charge is 2.52. The minimum Gasteiger partial charge on any atom is -0.498 e. The standard InChI is InChI=1S/C25H21F6N3O3/c1-14(33-23(35)25(29,30)31)22(24(28)12-17(27)5-10-21(24)36-2)37-19-8-9-20-15(11-19)13-32-34(20)18-6-3-16(26)4-7-18/h3-11,13-14,22H,12H2,1-2H3,(H,33,35)/t14-,22-,24?/m0/s1. The zero-order chi connectivity index (χ0) is 27.0.